The van der Waals surface area contributed by atoms with Crippen molar-refractivity contribution in [3.63, 3.8) is 0 Å². The van der Waals surface area contributed by atoms with Crippen LogP contribution in [0.5, 0.6) is 0 Å². The number of halogens is 3. The Bertz CT molecular complexity index is 447. The first-order valence-corrected chi connectivity index (χ1v) is 4.16. The van der Waals surface area contributed by atoms with Crippen LogP contribution in [-0.4, -0.2) is 6.18 Å². The summed E-state index contributed by atoms with van der Waals surface area (Å²) in [5, 5.41) is 17.2. The second-order valence-corrected chi connectivity index (χ2v) is 3.09. The number of nitrogens with zero attached hydrogens (tertiary/aromatic N) is 2. The topological polar surface area (TPSA) is 73.6 Å². The van der Waals surface area contributed by atoms with Crippen molar-refractivity contribution >= 4 is 0 Å². The predicted octanol–water partition coefficient (Wildman–Crippen LogP) is 1.99. The van der Waals surface area contributed by atoms with E-state index in [0.29, 0.717) is 0 Å². The number of hydrogen-bond donors (Lipinski definition) is 1. The molecule has 0 fully saturated rings. The fourth-order valence-corrected chi connectivity index (χ4v) is 1.15. The van der Waals surface area contributed by atoms with Crippen LogP contribution in [0.2, 0.25) is 0 Å². The molecule has 0 aliphatic rings. The van der Waals surface area contributed by atoms with Gasteiger partial charge in [-0.2, -0.15) is 23.7 Å². The molecule has 0 aromatic heterocycles. The van der Waals surface area contributed by atoms with E-state index in [1.165, 1.54) is 6.07 Å². The molecule has 16 heavy (non-hydrogen) atoms. The minimum Gasteiger partial charge on any atom is -0.316 e. The predicted molar refractivity (Wildman–Crippen MR) is 48.9 cm³/mol. The summed E-state index contributed by atoms with van der Waals surface area (Å²) in [5.74, 6) is 0. The Morgan fingerprint density at radius 2 is 1.50 bits per heavy atom. The molecule has 0 saturated heterocycles. The van der Waals surface area contributed by atoms with E-state index in [9.17, 15) is 13.2 Å². The van der Waals surface area contributed by atoms with E-state index in [4.69, 9.17) is 16.3 Å². The lowest BCUT2D eigenvalue weighted by Gasteiger charge is -2.16. The smallest absolute Gasteiger partial charge is 0.316 e. The van der Waals surface area contributed by atoms with Crippen molar-refractivity contribution in [1.82, 2.24) is 0 Å². The first-order chi connectivity index (χ1) is 7.38. The Balaban J connectivity index is 3.26. The highest BCUT2D eigenvalue weighted by Gasteiger charge is 2.38. The van der Waals surface area contributed by atoms with Gasteiger partial charge in [0.05, 0.1) is 23.3 Å². The monoisotopic (exact) mass is 225 g/mol. The summed E-state index contributed by atoms with van der Waals surface area (Å²) in [6.45, 7) is 0. The van der Waals surface area contributed by atoms with Gasteiger partial charge in [0.2, 0.25) is 0 Å². The summed E-state index contributed by atoms with van der Waals surface area (Å²) in [4.78, 5) is 0. The van der Waals surface area contributed by atoms with Crippen molar-refractivity contribution < 1.29 is 13.2 Å². The van der Waals surface area contributed by atoms with Gasteiger partial charge in [0.15, 0.2) is 0 Å². The Labute approximate surface area is 89.5 Å². The third-order valence-corrected chi connectivity index (χ3v) is 1.93. The molecule has 0 heterocycles. The summed E-state index contributed by atoms with van der Waals surface area (Å²) in [6, 6.07) is 4.42. The third-order valence-electron chi connectivity index (χ3n) is 1.93. The van der Waals surface area contributed by atoms with E-state index in [1.54, 1.807) is 12.1 Å². The first-order valence-electron chi connectivity index (χ1n) is 4.16. The van der Waals surface area contributed by atoms with Crippen LogP contribution < -0.4 is 5.73 Å². The van der Waals surface area contributed by atoms with Crippen molar-refractivity contribution in [1.29, 1.82) is 10.5 Å². The van der Waals surface area contributed by atoms with Crippen LogP contribution in [0.15, 0.2) is 18.2 Å². The highest BCUT2D eigenvalue weighted by Crippen LogP contribution is 2.31. The molecule has 0 bridgehead atoms. The highest BCUT2D eigenvalue weighted by molar-refractivity contribution is 5.43. The second kappa shape index (κ2) is 4.21. The van der Waals surface area contributed by atoms with Crippen LogP contribution in [0.1, 0.15) is 22.7 Å². The molecule has 0 aliphatic heterocycles. The van der Waals surface area contributed by atoms with Gasteiger partial charge in [0.1, 0.15) is 6.04 Å². The van der Waals surface area contributed by atoms with Crippen LogP contribution in [0, 0.1) is 22.7 Å². The molecule has 0 unspecified atom stereocenters. The number of alkyl halides is 3. The van der Waals surface area contributed by atoms with E-state index in [0.717, 1.165) is 12.1 Å². The molecule has 3 nitrogen and oxygen atoms in total. The molecule has 1 aromatic carbocycles. The standard InChI is InChI=1S/C10H6F3N3/c11-10(12,13)9(16)8-2-6(4-14)1-7(3-8)5-15/h1-3,9H,16H2/t9-/m0/s1. The molecule has 1 atom stereocenters. The van der Waals surface area contributed by atoms with E-state index in [-0.39, 0.29) is 16.7 Å². The molecule has 0 amide bonds. The molecule has 0 radical (unpaired) electrons. The van der Waals surface area contributed by atoms with Crippen molar-refractivity contribution in [3.05, 3.63) is 34.9 Å². The fourth-order valence-electron chi connectivity index (χ4n) is 1.15. The maximum Gasteiger partial charge on any atom is 0.407 e. The van der Waals surface area contributed by atoms with Crippen molar-refractivity contribution in [2.45, 2.75) is 12.2 Å². The number of nitriles is 2. The normalized spacial score (nSPS) is 12.6. The second-order valence-electron chi connectivity index (χ2n) is 3.09. The molecule has 1 rings (SSSR count). The fraction of sp³-hybridized carbons (Fsp3) is 0.200. The molecular weight excluding hydrogens is 219 g/mol. The minimum atomic E-state index is -4.60. The van der Waals surface area contributed by atoms with Gasteiger partial charge in [-0.05, 0) is 23.8 Å². The number of hydrogen-bond acceptors (Lipinski definition) is 3. The average Bonchev–Trinajstić information content (AvgIpc) is 2.26. The zero-order chi connectivity index (χ0) is 12.3. The van der Waals surface area contributed by atoms with Crippen LogP contribution in [0.3, 0.4) is 0 Å². The maximum atomic E-state index is 12.3. The zero-order valence-electron chi connectivity index (χ0n) is 7.92. The molecule has 0 spiro atoms. The molecule has 6 heteroatoms. The number of nitrogens with two attached hydrogens (primary N) is 1. The van der Waals surface area contributed by atoms with Crippen LogP contribution in [0.4, 0.5) is 13.2 Å². The van der Waals surface area contributed by atoms with Gasteiger partial charge in [-0.15, -0.1) is 0 Å². The molecule has 0 aliphatic carbocycles. The third kappa shape index (κ3) is 2.50. The first kappa shape index (κ1) is 12.0. The van der Waals surface area contributed by atoms with Crippen molar-refractivity contribution in [2.75, 3.05) is 0 Å². The van der Waals surface area contributed by atoms with Gasteiger partial charge in [0, 0.05) is 0 Å². The average molecular weight is 225 g/mol. The molecule has 2 N–H and O–H groups in total. The van der Waals surface area contributed by atoms with Gasteiger partial charge in [-0.3, -0.25) is 0 Å². The Morgan fingerprint density at radius 1 is 1.06 bits per heavy atom. The SMILES string of the molecule is N#Cc1cc(C#N)cc([C@H](N)C(F)(F)F)c1. The van der Waals surface area contributed by atoms with E-state index in [1.807, 2.05) is 0 Å². The maximum absolute atomic E-state index is 12.3. The molecule has 82 valence electrons. The summed E-state index contributed by atoms with van der Waals surface area (Å²) < 4.78 is 36.9. The van der Waals surface area contributed by atoms with Gasteiger partial charge in [-0.1, -0.05) is 0 Å². The summed E-state index contributed by atoms with van der Waals surface area (Å²) in [6.07, 6.45) is -4.60. The lowest BCUT2D eigenvalue weighted by molar-refractivity contribution is -0.149. The van der Waals surface area contributed by atoms with Gasteiger partial charge in [0.25, 0.3) is 0 Å². The van der Waals surface area contributed by atoms with Crippen molar-refractivity contribution in [2.24, 2.45) is 5.73 Å². The zero-order valence-corrected chi connectivity index (χ0v) is 7.92. The summed E-state index contributed by atoms with van der Waals surface area (Å²) in [5.41, 5.74) is 4.65. The minimum absolute atomic E-state index is 0.0197. The van der Waals surface area contributed by atoms with Crippen LogP contribution >= 0.6 is 0 Å². The van der Waals surface area contributed by atoms with Gasteiger partial charge in [-0.25, -0.2) is 0 Å². The summed E-state index contributed by atoms with van der Waals surface area (Å²) in [7, 11) is 0. The lowest BCUT2D eigenvalue weighted by Crippen LogP contribution is -2.28. The Kier molecular flexibility index (Phi) is 3.17. The van der Waals surface area contributed by atoms with Crippen molar-refractivity contribution in [3.8, 4) is 12.1 Å². The summed E-state index contributed by atoms with van der Waals surface area (Å²) >= 11 is 0. The number of benzene rings is 1. The molecular formula is C10H6F3N3. The highest BCUT2D eigenvalue weighted by atomic mass is 19.4. The Morgan fingerprint density at radius 3 is 1.81 bits per heavy atom. The van der Waals surface area contributed by atoms with Crippen LogP contribution in [0.25, 0.3) is 0 Å². The van der Waals surface area contributed by atoms with Gasteiger partial charge < -0.3 is 5.73 Å². The van der Waals surface area contributed by atoms with E-state index < -0.39 is 12.2 Å². The van der Waals surface area contributed by atoms with E-state index in [2.05, 4.69) is 0 Å². The molecule has 0 saturated carbocycles. The largest absolute Gasteiger partial charge is 0.407 e. The lowest BCUT2D eigenvalue weighted by atomic mass is 10.0. The van der Waals surface area contributed by atoms with E-state index >= 15 is 0 Å². The van der Waals surface area contributed by atoms with Gasteiger partial charge >= 0.3 is 6.18 Å². The molecule has 1 aromatic rings. The Hall–Kier alpha value is -2.05. The number of rotatable bonds is 1. The van der Waals surface area contributed by atoms with Crippen LogP contribution in [-0.2, 0) is 0 Å². The quantitative estimate of drug-likeness (QED) is 0.794.